The molecule has 2 heterocycles. The van der Waals surface area contributed by atoms with Gasteiger partial charge in [0.1, 0.15) is 23.1 Å². The van der Waals surface area contributed by atoms with Gasteiger partial charge in [0.25, 0.3) is 11.4 Å². The topological polar surface area (TPSA) is 290 Å². The molecule has 4 N–H and O–H groups in total. The average Bonchev–Trinajstić information content (AvgIpc) is 3.27. The first kappa shape index (κ1) is 50.8. The number of nitro groups is 2. The van der Waals surface area contributed by atoms with E-state index in [1.54, 1.807) is 52.5 Å². The number of sulfonamides is 2. The Balaban J connectivity index is 0.895. The summed E-state index contributed by atoms with van der Waals surface area (Å²) in [5.74, 6) is -2.31. The first-order valence-corrected chi connectivity index (χ1v) is 25.4. The van der Waals surface area contributed by atoms with E-state index in [1.165, 1.54) is 60.7 Å². The predicted octanol–water partition coefficient (Wildman–Crippen LogP) is 9.12. The largest absolute Gasteiger partial charge is 0.519 e. The van der Waals surface area contributed by atoms with Crippen molar-refractivity contribution in [2.45, 2.75) is 98.9 Å². The Labute approximate surface area is 411 Å². The number of nitro benzene ring substituents is 2. The van der Waals surface area contributed by atoms with Crippen LogP contribution in [0.1, 0.15) is 99.3 Å². The Morgan fingerprint density at radius 3 is 1.26 bits per heavy atom. The number of carbonyl (C=O) groups is 1. The first-order chi connectivity index (χ1) is 34.1. The molecule has 8 rings (SSSR count). The number of rotatable bonds is 18. The highest BCUT2D eigenvalue weighted by atomic mass is 32.2. The maximum absolute atomic E-state index is 14.9. The van der Waals surface area contributed by atoms with Crippen LogP contribution >= 0.6 is 0 Å². The van der Waals surface area contributed by atoms with Gasteiger partial charge in [-0.05, 0) is 137 Å². The summed E-state index contributed by atoms with van der Waals surface area (Å²) in [6.45, 7) is 6.58. The van der Waals surface area contributed by atoms with Gasteiger partial charge in [-0.2, -0.15) is 0 Å². The van der Waals surface area contributed by atoms with Gasteiger partial charge < -0.3 is 20.1 Å². The molecule has 21 nitrogen and oxygen atoms in total. The lowest BCUT2D eigenvalue weighted by Crippen LogP contribution is -2.30. The molecule has 72 heavy (non-hydrogen) atoms. The molecule has 0 bridgehead atoms. The zero-order chi connectivity index (χ0) is 51.6. The predicted molar refractivity (Wildman–Crippen MR) is 257 cm³/mol. The number of hydrogen-bond acceptors (Lipinski definition) is 17. The number of benzene rings is 4. The van der Waals surface area contributed by atoms with Gasteiger partial charge in [0, 0.05) is 72.3 Å². The van der Waals surface area contributed by atoms with Crippen molar-refractivity contribution < 1.29 is 49.7 Å². The molecule has 2 saturated carbocycles. The Morgan fingerprint density at radius 1 is 0.583 bits per heavy atom. The molecule has 2 aliphatic rings. The minimum Gasteiger partial charge on any atom is -0.394 e. The molecule has 2 aliphatic carbocycles. The van der Waals surface area contributed by atoms with E-state index in [0.29, 0.717) is 36.8 Å². The summed E-state index contributed by atoms with van der Waals surface area (Å²) in [5.41, 5.74) is 1.65. The van der Waals surface area contributed by atoms with E-state index < -0.39 is 47.7 Å². The van der Waals surface area contributed by atoms with Crippen molar-refractivity contribution in [3.63, 3.8) is 0 Å². The third-order valence-corrected chi connectivity index (χ3v) is 15.3. The molecule has 376 valence electrons. The molecule has 0 aliphatic heterocycles. The highest BCUT2D eigenvalue weighted by molar-refractivity contribution is 7.89. The van der Waals surface area contributed by atoms with Crippen molar-refractivity contribution in [1.29, 1.82) is 0 Å². The van der Waals surface area contributed by atoms with Gasteiger partial charge in [-0.15, -0.1) is 0 Å². The van der Waals surface area contributed by atoms with Crippen LogP contribution in [-0.4, -0.2) is 64.9 Å². The van der Waals surface area contributed by atoms with Gasteiger partial charge in [-0.1, -0.05) is 0 Å². The summed E-state index contributed by atoms with van der Waals surface area (Å²) in [6.07, 6.45) is 6.88. The zero-order valence-electron chi connectivity index (χ0n) is 38.8. The van der Waals surface area contributed by atoms with Gasteiger partial charge >= 0.3 is 6.16 Å². The monoisotopic (exact) mass is 1030 g/mol. The third-order valence-electron chi connectivity index (χ3n) is 12.0. The Bertz CT molecular complexity index is 3070. The molecule has 0 spiro atoms. The molecule has 0 atom stereocenters. The van der Waals surface area contributed by atoms with Crippen molar-refractivity contribution in [3.8, 4) is 11.5 Å². The number of nitrogens with zero attached hydrogens (tertiary/aromatic N) is 6. The van der Waals surface area contributed by atoms with Crippen molar-refractivity contribution in [1.82, 2.24) is 29.4 Å². The van der Waals surface area contributed by atoms with E-state index in [1.807, 2.05) is 0 Å². The normalized spacial score (nSPS) is 17.7. The highest BCUT2D eigenvalue weighted by Crippen LogP contribution is 2.52. The van der Waals surface area contributed by atoms with Crippen LogP contribution in [0.4, 0.5) is 48.2 Å². The molecule has 4 aromatic carbocycles. The standard InChI is InChI=1S/C47H46F2N10O11S2/c1-25(2)56-71(65,66)35-7-9-41(39(48)19-35)54-45-50-21-31(22-51-45)27-13-29(14-27)37-17-33(58(61)62)5-11-43(37)69-47(60)70-44-12-6-34(59(63)64)18-38(44)30-15-28(16-30)32-23-52-46(53-24-32)55-42-10-8-36(20-40(42)49)72(67,68)57-26(3)4/h5-12,17-30,56-57H,13-16H2,1-4H3,(H,50,51,54)(H,52,53,55). The fourth-order valence-electron chi connectivity index (χ4n) is 8.36. The molecule has 0 radical (unpaired) electrons. The second kappa shape index (κ2) is 20.6. The van der Waals surface area contributed by atoms with Gasteiger partial charge in [0.2, 0.25) is 31.9 Å². The second-order valence-corrected chi connectivity index (χ2v) is 21.3. The molecule has 6 aromatic rings. The summed E-state index contributed by atoms with van der Waals surface area (Å²) in [4.78, 5) is 52.6. The molecule has 0 amide bonds. The van der Waals surface area contributed by atoms with Crippen molar-refractivity contribution in [2.24, 2.45) is 0 Å². The Kier molecular flexibility index (Phi) is 14.5. The van der Waals surface area contributed by atoms with Crippen LogP contribution in [0.25, 0.3) is 0 Å². The number of carbonyl (C=O) groups excluding carboxylic acids is 1. The number of halogens is 2. The number of aromatic nitrogens is 4. The lowest BCUT2D eigenvalue weighted by atomic mass is 9.69. The minimum atomic E-state index is -3.92. The van der Waals surface area contributed by atoms with E-state index in [-0.39, 0.29) is 91.7 Å². The van der Waals surface area contributed by atoms with Gasteiger partial charge in [-0.3, -0.25) is 20.2 Å². The van der Waals surface area contributed by atoms with E-state index >= 15 is 0 Å². The summed E-state index contributed by atoms with van der Waals surface area (Å²) in [5, 5.41) is 29.1. The van der Waals surface area contributed by atoms with Gasteiger partial charge in [0.05, 0.1) is 31.0 Å². The van der Waals surface area contributed by atoms with Crippen LogP contribution in [0.5, 0.6) is 11.5 Å². The summed E-state index contributed by atoms with van der Waals surface area (Å²) < 4.78 is 95.8. The second-order valence-electron chi connectivity index (χ2n) is 17.9. The number of nitrogens with one attached hydrogen (secondary N) is 4. The lowest BCUT2D eigenvalue weighted by Gasteiger charge is -2.36. The van der Waals surface area contributed by atoms with Gasteiger partial charge in [-0.25, -0.2) is 59.8 Å². The Hall–Kier alpha value is -7.61. The third kappa shape index (κ3) is 11.6. The number of hydrogen-bond donors (Lipinski definition) is 4. The van der Waals surface area contributed by atoms with E-state index in [4.69, 9.17) is 9.47 Å². The minimum absolute atomic E-state index is 0.0161. The van der Waals surface area contributed by atoms with E-state index in [0.717, 1.165) is 23.3 Å². The van der Waals surface area contributed by atoms with Crippen LogP contribution in [-0.2, 0) is 20.0 Å². The van der Waals surface area contributed by atoms with Crippen LogP contribution in [0, 0.1) is 31.9 Å². The van der Waals surface area contributed by atoms with Crippen LogP contribution in [0.2, 0.25) is 0 Å². The van der Waals surface area contributed by atoms with E-state index in [9.17, 15) is 50.6 Å². The maximum Gasteiger partial charge on any atom is 0.519 e. The van der Waals surface area contributed by atoms with Gasteiger partial charge in [0.15, 0.2) is 0 Å². The number of ether oxygens (including phenoxy) is 2. The highest BCUT2D eigenvalue weighted by Gasteiger charge is 2.37. The maximum atomic E-state index is 14.9. The summed E-state index contributed by atoms with van der Waals surface area (Å²) >= 11 is 0. The molecule has 2 aromatic heterocycles. The molecule has 25 heteroatoms. The lowest BCUT2D eigenvalue weighted by molar-refractivity contribution is -0.385. The SMILES string of the molecule is CC(C)NS(=O)(=O)c1ccc(Nc2ncc(C3CC(c4cc([N+](=O)[O-])ccc4OC(=O)Oc4ccc([N+](=O)[O-])cc4C4CC(c5cnc(Nc6ccc(S(=O)(=O)NC(C)C)cc6F)nc5)C4)C3)cn2)c(F)c1. The van der Waals surface area contributed by atoms with Crippen LogP contribution in [0.15, 0.2) is 107 Å². The first-order valence-electron chi connectivity index (χ1n) is 22.4. The smallest absolute Gasteiger partial charge is 0.394 e. The molecular formula is C47H46F2N10O11S2. The van der Waals surface area contributed by atoms with Crippen LogP contribution < -0.4 is 29.6 Å². The molecule has 2 fully saturated rings. The zero-order valence-corrected chi connectivity index (χ0v) is 40.4. The quantitative estimate of drug-likeness (QED) is 0.0270. The van der Waals surface area contributed by atoms with E-state index in [2.05, 4.69) is 40.0 Å². The summed E-state index contributed by atoms with van der Waals surface area (Å²) in [7, 11) is -7.83. The average molecular weight is 1030 g/mol. The van der Waals surface area contributed by atoms with Crippen LogP contribution in [0.3, 0.4) is 0 Å². The molecule has 0 saturated heterocycles. The van der Waals surface area contributed by atoms with Crippen molar-refractivity contribution in [2.75, 3.05) is 10.6 Å². The fourth-order valence-corrected chi connectivity index (χ4v) is 10.9. The van der Waals surface area contributed by atoms with Crippen molar-refractivity contribution >= 4 is 60.8 Å². The summed E-state index contributed by atoms with van der Waals surface area (Å²) in [6, 6.07) is 13.7. The molecule has 0 unspecified atom stereocenters. The molecular weight excluding hydrogens is 983 g/mol. The number of non-ortho nitro benzene ring substituents is 2. The Morgan fingerprint density at radius 2 is 0.944 bits per heavy atom. The van der Waals surface area contributed by atoms with Crippen molar-refractivity contribution in [3.05, 3.63) is 152 Å². The fraction of sp³-hybridized carbons (Fsp3) is 0.298. The number of anilines is 4.